The van der Waals surface area contributed by atoms with Crippen LogP contribution >= 0.6 is 11.9 Å². The van der Waals surface area contributed by atoms with Gasteiger partial charge < -0.3 is 23.8 Å². The summed E-state index contributed by atoms with van der Waals surface area (Å²) in [5.74, 6) is 2.64. The lowest BCUT2D eigenvalue weighted by atomic mass is 9.51. The number of hydrogen-bond acceptors (Lipinski definition) is 10. The molecular weight excluding hydrogens is 532 g/mol. The highest BCUT2D eigenvalue weighted by molar-refractivity contribution is 7.99. The van der Waals surface area contributed by atoms with Gasteiger partial charge in [-0.15, -0.1) is 4.91 Å². The number of aryl methyl sites for hydroxylation is 2. The number of benzene rings is 1. The van der Waals surface area contributed by atoms with Crippen molar-refractivity contribution in [3.05, 3.63) is 28.2 Å². The van der Waals surface area contributed by atoms with E-state index in [0.29, 0.717) is 30.6 Å². The van der Waals surface area contributed by atoms with Gasteiger partial charge in [-0.3, -0.25) is 0 Å². The van der Waals surface area contributed by atoms with E-state index in [1.807, 2.05) is 33.2 Å². The number of likely N-dealkylation sites (N-methyl/N-ethyl adjacent to an activating group) is 1. The van der Waals surface area contributed by atoms with Crippen LogP contribution in [0.3, 0.4) is 0 Å². The second kappa shape index (κ2) is 14.1. The van der Waals surface area contributed by atoms with Crippen molar-refractivity contribution in [2.75, 3.05) is 47.1 Å². The van der Waals surface area contributed by atoms with Crippen LogP contribution in [-0.2, 0) is 25.5 Å². The number of rotatable bonds is 16. The Morgan fingerprint density at radius 2 is 1.68 bits per heavy atom. The van der Waals surface area contributed by atoms with Crippen molar-refractivity contribution in [3.63, 3.8) is 0 Å². The minimum Gasteiger partial charge on any atom is -0.492 e. The Labute approximate surface area is 242 Å². The summed E-state index contributed by atoms with van der Waals surface area (Å²) in [4.78, 5) is 38.1. The molecule has 5 rings (SSSR count). The van der Waals surface area contributed by atoms with E-state index in [2.05, 4.69) is 16.4 Å². The van der Waals surface area contributed by atoms with Crippen LogP contribution in [0.15, 0.2) is 16.7 Å². The van der Waals surface area contributed by atoms with Gasteiger partial charge in [0.1, 0.15) is 31.3 Å². The first-order chi connectivity index (χ1) is 19.2. The van der Waals surface area contributed by atoms with Gasteiger partial charge in [-0.2, -0.15) is 0 Å². The molecule has 4 bridgehead atoms. The Hall–Kier alpha value is -2.17. The smallest absolute Gasteiger partial charge is 0.337 e. The van der Waals surface area contributed by atoms with Crippen LogP contribution in [0.2, 0.25) is 0 Å². The lowest BCUT2D eigenvalue weighted by Gasteiger charge is -2.59. The Bertz CT molecular complexity index is 1020. The number of carbonyl (C=O) groups is 2. The highest BCUT2D eigenvalue weighted by Gasteiger charge is 2.58. The monoisotopic (exact) mass is 576 g/mol. The maximum absolute atomic E-state index is 12.4. The highest BCUT2D eigenvalue weighted by atomic mass is 32.2. The summed E-state index contributed by atoms with van der Waals surface area (Å²) in [6.45, 7) is 4.85. The Morgan fingerprint density at radius 3 is 2.30 bits per heavy atom. The largest absolute Gasteiger partial charge is 0.492 e. The van der Waals surface area contributed by atoms with Crippen LogP contribution in [0.5, 0.6) is 11.5 Å². The highest BCUT2D eigenvalue weighted by Crippen LogP contribution is 2.64. The van der Waals surface area contributed by atoms with Crippen molar-refractivity contribution in [2.24, 2.45) is 28.3 Å². The van der Waals surface area contributed by atoms with Crippen molar-refractivity contribution < 1.29 is 28.5 Å². The normalized spacial score (nSPS) is 26.6. The zero-order valence-corrected chi connectivity index (χ0v) is 25.1. The van der Waals surface area contributed by atoms with Gasteiger partial charge >= 0.3 is 11.9 Å². The predicted octanol–water partition coefficient (Wildman–Crippen LogP) is 5.35. The number of nitrogens with zero attached hydrogens (tertiary/aromatic N) is 2. The van der Waals surface area contributed by atoms with Crippen LogP contribution in [0, 0.1) is 35.5 Å². The van der Waals surface area contributed by atoms with Crippen molar-refractivity contribution in [1.82, 2.24) is 4.90 Å². The van der Waals surface area contributed by atoms with E-state index >= 15 is 0 Å². The molecule has 0 heterocycles. The van der Waals surface area contributed by atoms with Crippen LogP contribution < -0.4 is 9.47 Å². The molecule has 222 valence electrons. The molecule has 40 heavy (non-hydrogen) atoms. The molecule has 0 saturated heterocycles. The van der Waals surface area contributed by atoms with Gasteiger partial charge in [0.05, 0.1) is 11.4 Å². The molecule has 1 aromatic rings. The molecular formula is C30H44N2O7S. The van der Waals surface area contributed by atoms with E-state index < -0.39 is 11.9 Å². The molecule has 0 N–H and O–H groups in total. The van der Waals surface area contributed by atoms with Gasteiger partial charge in [0, 0.05) is 23.1 Å². The predicted molar refractivity (Wildman–Crippen MR) is 154 cm³/mol. The fourth-order valence-electron chi connectivity index (χ4n) is 7.14. The summed E-state index contributed by atoms with van der Waals surface area (Å²) in [6, 6.07) is 3.75. The summed E-state index contributed by atoms with van der Waals surface area (Å²) >= 11 is 1.18. The molecule has 0 aliphatic heterocycles. The van der Waals surface area contributed by atoms with E-state index in [1.54, 1.807) is 0 Å². The third kappa shape index (κ3) is 7.56. The first-order valence-electron chi connectivity index (χ1n) is 14.6. The average molecular weight is 577 g/mol. The second-order valence-electron chi connectivity index (χ2n) is 12.0. The van der Waals surface area contributed by atoms with Gasteiger partial charge in [-0.05, 0) is 113 Å². The summed E-state index contributed by atoms with van der Waals surface area (Å²) in [5.41, 5.74) is 1.77. The third-order valence-corrected chi connectivity index (χ3v) is 10.1. The van der Waals surface area contributed by atoms with E-state index in [-0.39, 0.29) is 24.6 Å². The molecule has 4 aliphatic carbocycles. The van der Waals surface area contributed by atoms with Crippen molar-refractivity contribution in [1.29, 1.82) is 0 Å². The van der Waals surface area contributed by atoms with Crippen LogP contribution in [0.25, 0.3) is 0 Å². The summed E-state index contributed by atoms with van der Waals surface area (Å²) in [5, 5.41) is 0. The first-order valence-corrected chi connectivity index (χ1v) is 15.4. The van der Waals surface area contributed by atoms with E-state index in [1.165, 1.54) is 18.4 Å². The summed E-state index contributed by atoms with van der Waals surface area (Å²) in [6.07, 6.45) is 8.30. The maximum Gasteiger partial charge on any atom is 0.337 e. The molecule has 0 atom stereocenters. The number of carbonyl (C=O) groups excluding carboxylic acids is 2. The Morgan fingerprint density at radius 1 is 1.00 bits per heavy atom. The zero-order valence-electron chi connectivity index (χ0n) is 24.3. The molecule has 0 spiro atoms. The van der Waals surface area contributed by atoms with Gasteiger partial charge in [0.25, 0.3) is 0 Å². The SMILES string of the molecule is CCCc1cc(OC(=O)COCC(=O)OCCC2(SN=O)C3CC4CC(C3)CC2C4)c(C)cc1OCCN(C)C. The van der Waals surface area contributed by atoms with Crippen LogP contribution in [-0.4, -0.2) is 68.7 Å². The number of ether oxygens (including phenoxy) is 4. The van der Waals surface area contributed by atoms with Crippen molar-refractivity contribution in [2.45, 2.75) is 70.0 Å². The molecule has 0 aromatic heterocycles. The van der Waals surface area contributed by atoms with E-state index in [9.17, 15) is 14.5 Å². The lowest BCUT2D eigenvalue weighted by molar-refractivity contribution is -0.152. The van der Waals surface area contributed by atoms with Gasteiger partial charge in [-0.1, -0.05) is 13.3 Å². The fraction of sp³-hybridized carbons (Fsp3) is 0.733. The molecule has 0 unspecified atom stereocenters. The third-order valence-electron chi connectivity index (χ3n) is 8.82. The standard InChI is InChI=1S/C30H44N2O7S/c1-5-6-23-17-26(20(2)11-27(23)37-10-8-32(3)4)39-29(34)19-36-18-28(33)38-9-7-30(40-31-35)24-13-21-12-22(15-24)16-25(30)14-21/h11,17,21-22,24-25H,5-10,12-16,18-19H2,1-4H3. The molecule has 0 radical (unpaired) electrons. The lowest BCUT2D eigenvalue weighted by Crippen LogP contribution is -2.56. The Kier molecular flexibility index (Phi) is 10.9. The maximum atomic E-state index is 12.4. The quantitative estimate of drug-likeness (QED) is 0.111. The molecule has 4 saturated carbocycles. The molecule has 4 aliphatic rings. The van der Waals surface area contributed by atoms with Crippen LogP contribution in [0.1, 0.15) is 63.0 Å². The van der Waals surface area contributed by atoms with Crippen LogP contribution in [0.4, 0.5) is 0 Å². The van der Waals surface area contributed by atoms with Gasteiger partial charge in [0.2, 0.25) is 0 Å². The zero-order chi connectivity index (χ0) is 28.7. The molecule has 4 fully saturated rings. The number of esters is 2. The topological polar surface area (TPSA) is 104 Å². The van der Waals surface area contributed by atoms with Gasteiger partial charge in [-0.25, -0.2) is 9.59 Å². The molecule has 9 nitrogen and oxygen atoms in total. The molecule has 10 heteroatoms. The van der Waals surface area contributed by atoms with Crippen molar-refractivity contribution in [3.8, 4) is 11.5 Å². The first kappa shape index (κ1) is 30.8. The number of nitroso groups, excluding NO2 is 1. The molecule has 0 amide bonds. The Balaban J connectivity index is 1.21. The summed E-state index contributed by atoms with van der Waals surface area (Å²) in [7, 11) is 3.99. The summed E-state index contributed by atoms with van der Waals surface area (Å²) < 4.78 is 25.3. The molecule has 1 aromatic carbocycles. The minimum atomic E-state index is -0.583. The van der Waals surface area contributed by atoms with E-state index in [0.717, 1.165) is 73.8 Å². The second-order valence-corrected chi connectivity index (χ2v) is 13.1. The average Bonchev–Trinajstić information content (AvgIpc) is 2.89. The van der Waals surface area contributed by atoms with E-state index in [4.69, 9.17) is 18.9 Å². The van der Waals surface area contributed by atoms with Gasteiger partial charge in [0.15, 0.2) is 0 Å². The number of hydrogen-bond donors (Lipinski definition) is 0. The fourth-order valence-corrected chi connectivity index (χ4v) is 8.14. The minimum absolute atomic E-state index is 0.221. The van der Waals surface area contributed by atoms with Crippen molar-refractivity contribution >= 4 is 23.9 Å².